The molecule has 1 fully saturated rings. The number of anilines is 1. The highest BCUT2D eigenvalue weighted by Crippen LogP contribution is 2.27. The van der Waals surface area contributed by atoms with Crippen molar-refractivity contribution < 1.29 is 14.3 Å². The Kier molecular flexibility index (Phi) is 6.31. The van der Waals surface area contributed by atoms with Gasteiger partial charge in [-0.15, -0.1) is 0 Å². The number of amides is 2. The van der Waals surface area contributed by atoms with E-state index in [1.165, 1.54) is 0 Å². The number of alkyl carbamates (subject to hydrolysis) is 1. The number of aromatic nitrogens is 4. The lowest BCUT2D eigenvalue weighted by Crippen LogP contribution is -2.42. The third kappa shape index (κ3) is 5.85. The smallest absolute Gasteiger partial charge is 0.407 e. The predicted octanol–water partition coefficient (Wildman–Crippen LogP) is 4.05. The monoisotopic (exact) mass is 450 g/mol. The van der Waals surface area contributed by atoms with E-state index in [1.807, 2.05) is 46.1 Å². The summed E-state index contributed by atoms with van der Waals surface area (Å²) in [6.07, 6.45) is 9.65. The first-order chi connectivity index (χ1) is 15.7. The molecular weight excluding hydrogens is 420 g/mol. The number of pyridine rings is 2. The van der Waals surface area contributed by atoms with Crippen LogP contribution >= 0.6 is 0 Å². The van der Waals surface area contributed by atoms with Gasteiger partial charge in [-0.25, -0.2) is 9.78 Å². The van der Waals surface area contributed by atoms with Crippen molar-refractivity contribution in [2.24, 2.45) is 13.0 Å². The lowest BCUT2D eigenvalue weighted by Gasteiger charge is -2.29. The molecule has 0 saturated heterocycles. The fraction of sp³-hybridized carbons (Fsp3) is 0.458. The Labute approximate surface area is 192 Å². The minimum absolute atomic E-state index is 0.0275. The Morgan fingerprint density at radius 1 is 1.03 bits per heavy atom. The van der Waals surface area contributed by atoms with Crippen molar-refractivity contribution in [3.63, 3.8) is 0 Å². The van der Waals surface area contributed by atoms with Crippen LogP contribution in [0.3, 0.4) is 0 Å². The van der Waals surface area contributed by atoms with Gasteiger partial charge in [0.25, 0.3) is 0 Å². The number of rotatable bonds is 4. The average molecular weight is 451 g/mol. The van der Waals surface area contributed by atoms with Crippen molar-refractivity contribution in [2.45, 2.75) is 58.1 Å². The summed E-state index contributed by atoms with van der Waals surface area (Å²) in [7, 11) is 1.87. The molecular formula is C24H30N6O3. The second-order valence-electron chi connectivity index (χ2n) is 9.57. The molecule has 3 heterocycles. The van der Waals surface area contributed by atoms with Crippen LogP contribution in [0.15, 0.2) is 36.9 Å². The second-order valence-corrected chi connectivity index (χ2v) is 9.57. The fourth-order valence-corrected chi connectivity index (χ4v) is 4.03. The van der Waals surface area contributed by atoms with Gasteiger partial charge in [-0.3, -0.25) is 14.5 Å². The summed E-state index contributed by atoms with van der Waals surface area (Å²) < 4.78 is 7.06. The predicted molar refractivity (Wildman–Crippen MR) is 125 cm³/mol. The minimum Gasteiger partial charge on any atom is -0.444 e. The highest BCUT2D eigenvalue weighted by molar-refractivity contribution is 5.94. The number of nitrogens with one attached hydrogen (secondary N) is 2. The van der Waals surface area contributed by atoms with Crippen molar-refractivity contribution in [3.05, 3.63) is 36.9 Å². The minimum atomic E-state index is -0.525. The number of aryl methyl sites for hydroxylation is 1. The third-order valence-electron chi connectivity index (χ3n) is 5.68. The van der Waals surface area contributed by atoms with Crippen LogP contribution in [0.1, 0.15) is 46.5 Å². The lowest BCUT2D eigenvalue weighted by molar-refractivity contribution is -0.120. The lowest BCUT2D eigenvalue weighted by atomic mass is 9.85. The van der Waals surface area contributed by atoms with E-state index >= 15 is 0 Å². The van der Waals surface area contributed by atoms with Gasteiger partial charge in [-0.2, -0.15) is 5.10 Å². The summed E-state index contributed by atoms with van der Waals surface area (Å²) >= 11 is 0. The molecule has 2 N–H and O–H groups in total. The summed E-state index contributed by atoms with van der Waals surface area (Å²) in [6.45, 7) is 5.51. The molecule has 0 atom stereocenters. The van der Waals surface area contributed by atoms with Gasteiger partial charge in [0, 0.05) is 47.9 Å². The Morgan fingerprint density at radius 3 is 2.45 bits per heavy atom. The van der Waals surface area contributed by atoms with Crippen LogP contribution in [0, 0.1) is 5.92 Å². The summed E-state index contributed by atoms with van der Waals surface area (Å²) in [5.41, 5.74) is 2.16. The molecule has 1 saturated carbocycles. The van der Waals surface area contributed by atoms with Crippen molar-refractivity contribution >= 4 is 28.7 Å². The number of fused-ring (bicyclic) bond motifs is 1. The number of hydrogen-bond acceptors (Lipinski definition) is 6. The molecule has 3 aromatic heterocycles. The van der Waals surface area contributed by atoms with Crippen LogP contribution in [-0.4, -0.2) is 43.4 Å². The molecule has 0 bridgehead atoms. The average Bonchev–Trinajstić information content (AvgIpc) is 3.18. The third-order valence-corrected chi connectivity index (χ3v) is 5.68. The molecule has 1 aliphatic carbocycles. The largest absolute Gasteiger partial charge is 0.444 e. The van der Waals surface area contributed by atoms with Crippen molar-refractivity contribution in [1.29, 1.82) is 0 Å². The summed E-state index contributed by atoms with van der Waals surface area (Å²) in [5, 5.41) is 11.0. The quantitative estimate of drug-likeness (QED) is 0.620. The van der Waals surface area contributed by atoms with Crippen LogP contribution in [0.25, 0.3) is 22.0 Å². The Balaban J connectivity index is 1.35. The van der Waals surface area contributed by atoms with E-state index in [2.05, 4.69) is 25.7 Å². The maximum absolute atomic E-state index is 12.8. The summed E-state index contributed by atoms with van der Waals surface area (Å²) in [6, 6.07) is 3.89. The van der Waals surface area contributed by atoms with Gasteiger partial charge in [-0.05, 0) is 58.6 Å². The van der Waals surface area contributed by atoms with E-state index < -0.39 is 11.7 Å². The Bertz CT molecular complexity index is 1160. The maximum Gasteiger partial charge on any atom is 0.407 e. The van der Waals surface area contributed by atoms with Gasteiger partial charge in [0.2, 0.25) is 5.91 Å². The zero-order valence-corrected chi connectivity index (χ0v) is 19.5. The molecule has 3 aromatic rings. The molecule has 2 amide bonds. The van der Waals surface area contributed by atoms with Crippen LogP contribution in [0.2, 0.25) is 0 Å². The van der Waals surface area contributed by atoms with E-state index in [4.69, 9.17) is 4.74 Å². The first-order valence-corrected chi connectivity index (χ1v) is 11.2. The molecule has 0 radical (unpaired) electrons. The SMILES string of the molecule is Cn1cc(-c2cnc3cnc(NC(=O)C4CCC(NC(=O)OC(C)(C)C)CC4)cc3c2)cn1. The van der Waals surface area contributed by atoms with Gasteiger partial charge < -0.3 is 15.4 Å². The van der Waals surface area contributed by atoms with Gasteiger partial charge in [0.1, 0.15) is 11.4 Å². The number of carbonyl (C=O) groups excluding carboxylic acids is 2. The van der Waals surface area contributed by atoms with E-state index in [-0.39, 0.29) is 17.9 Å². The van der Waals surface area contributed by atoms with E-state index in [0.29, 0.717) is 18.7 Å². The van der Waals surface area contributed by atoms with E-state index in [9.17, 15) is 9.59 Å². The first kappa shape index (κ1) is 22.7. The molecule has 0 spiro atoms. The highest BCUT2D eigenvalue weighted by atomic mass is 16.6. The molecule has 0 aromatic carbocycles. The number of carbonyl (C=O) groups is 2. The van der Waals surface area contributed by atoms with Crippen LogP contribution in [0.5, 0.6) is 0 Å². The van der Waals surface area contributed by atoms with E-state index in [0.717, 1.165) is 34.9 Å². The van der Waals surface area contributed by atoms with Gasteiger partial charge in [-0.1, -0.05) is 0 Å². The fourth-order valence-electron chi connectivity index (χ4n) is 4.03. The zero-order chi connectivity index (χ0) is 23.6. The molecule has 0 aliphatic heterocycles. The molecule has 9 nitrogen and oxygen atoms in total. The summed E-state index contributed by atoms with van der Waals surface area (Å²) in [5.74, 6) is 0.347. The highest BCUT2D eigenvalue weighted by Gasteiger charge is 2.28. The van der Waals surface area contributed by atoms with Gasteiger partial charge in [0.05, 0.1) is 17.9 Å². The molecule has 0 unspecified atom stereocenters. The van der Waals surface area contributed by atoms with Gasteiger partial charge >= 0.3 is 6.09 Å². The zero-order valence-electron chi connectivity index (χ0n) is 19.5. The van der Waals surface area contributed by atoms with Crippen molar-refractivity contribution in [2.75, 3.05) is 5.32 Å². The molecule has 4 rings (SSSR count). The summed E-state index contributed by atoms with van der Waals surface area (Å²) in [4.78, 5) is 33.6. The molecule has 9 heteroatoms. The standard InChI is InChI=1S/C24H30N6O3/c1-24(2,3)33-23(32)28-19-7-5-15(6-8-19)22(31)29-21-10-16-9-17(11-25-20(16)13-26-21)18-12-27-30(4)14-18/h9-15,19H,5-8H2,1-4H3,(H,28,32)(H,26,29,31). The van der Waals surface area contributed by atoms with Crippen molar-refractivity contribution in [3.8, 4) is 11.1 Å². The Morgan fingerprint density at radius 2 is 1.79 bits per heavy atom. The topological polar surface area (TPSA) is 111 Å². The number of hydrogen-bond donors (Lipinski definition) is 2. The van der Waals surface area contributed by atoms with Crippen LogP contribution in [-0.2, 0) is 16.6 Å². The number of nitrogens with zero attached hydrogens (tertiary/aromatic N) is 4. The van der Waals surface area contributed by atoms with Gasteiger partial charge in [0.15, 0.2) is 0 Å². The normalized spacial score (nSPS) is 18.7. The van der Waals surface area contributed by atoms with Crippen LogP contribution < -0.4 is 10.6 Å². The van der Waals surface area contributed by atoms with Crippen LogP contribution in [0.4, 0.5) is 10.6 Å². The van der Waals surface area contributed by atoms with Crippen molar-refractivity contribution in [1.82, 2.24) is 25.1 Å². The number of ether oxygens (including phenoxy) is 1. The second kappa shape index (κ2) is 9.17. The molecule has 174 valence electrons. The maximum atomic E-state index is 12.8. The van der Waals surface area contributed by atoms with E-state index in [1.54, 1.807) is 23.3 Å². The first-order valence-electron chi connectivity index (χ1n) is 11.2. The molecule has 1 aliphatic rings. The Hall–Kier alpha value is -3.49. The molecule has 33 heavy (non-hydrogen) atoms.